The second-order valence-electron chi connectivity index (χ2n) is 8.19. The third-order valence-corrected chi connectivity index (χ3v) is 5.60. The van der Waals surface area contributed by atoms with Crippen LogP contribution in [0.5, 0.6) is 11.5 Å². The van der Waals surface area contributed by atoms with Gasteiger partial charge in [0.1, 0.15) is 18.0 Å². The Labute approximate surface area is 203 Å². The maximum atomic E-state index is 12.8. The molecular weight excluding hydrogens is 446 g/mol. The third kappa shape index (κ3) is 6.23. The average Bonchev–Trinajstić information content (AvgIpc) is 2.89. The lowest BCUT2D eigenvalue weighted by Gasteiger charge is -2.29. The Morgan fingerprint density at radius 1 is 1.06 bits per heavy atom. The molecular formula is C27H27N3O5. The van der Waals surface area contributed by atoms with Crippen molar-refractivity contribution in [3.05, 3.63) is 83.7 Å². The summed E-state index contributed by atoms with van der Waals surface area (Å²) in [6, 6.07) is 16.1. The molecule has 3 aromatic rings. The largest absolute Gasteiger partial charge is 0.485 e. The number of amides is 2. The van der Waals surface area contributed by atoms with E-state index in [9.17, 15) is 14.4 Å². The normalized spacial score (nSPS) is 12.5. The van der Waals surface area contributed by atoms with Crippen LogP contribution in [0, 0.1) is 0 Å². The average molecular weight is 474 g/mol. The van der Waals surface area contributed by atoms with Crippen LogP contribution in [0.3, 0.4) is 0 Å². The fourth-order valence-corrected chi connectivity index (χ4v) is 3.72. The number of fused-ring (bicyclic) bond motifs is 1. The van der Waals surface area contributed by atoms with Gasteiger partial charge in [0.05, 0.1) is 5.69 Å². The van der Waals surface area contributed by atoms with Crippen molar-refractivity contribution in [2.45, 2.75) is 26.3 Å². The molecule has 2 amide bonds. The van der Waals surface area contributed by atoms with Crippen LogP contribution in [0.1, 0.15) is 34.8 Å². The molecule has 0 unspecified atom stereocenters. The Balaban J connectivity index is 1.40. The minimum atomic E-state index is -0.357. The summed E-state index contributed by atoms with van der Waals surface area (Å²) >= 11 is 0. The summed E-state index contributed by atoms with van der Waals surface area (Å²) in [4.78, 5) is 43.1. The highest BCUT2D eigenvalue weighted by Crippen LogP contribution is 2.33. The van der Waals surface area contributed by atoms with Gasteiger partial charge in [0.25, 0.3) is 5.91 Å². The number of Topliss-reactive ketones (excluding diaryl/α,β-unsaturated/α-hetero) is 1. The summed E-state index contributed by atoms with van der Waals surface area (Å²) in [5.74, 6) is 0.127. The van der Waals surface area contributed by atoms with Crippen molar-refractivity contribution in [1.29, 1.82) is 0 Å². The number of nitrogens with zero attached hydrogens (tertiary/aromatic N) is 2. The molecule has 0 saturated carbocycles. The fraction of sp³-hybridized carbons (Fsp3) is 0.259. The van der Waals surface area contributed by atoms with E-state index < -0.39 is 0 Å². The number of benzene rings is 2. The number of anilines is 1. The second kappa shape index (κ2) is 11.3. The molecule has 0 atom stereocenters. The van der Waals surface area contributed by atoms with Crippen molar-refractivity contribution in [2.75, 3.05) is 24.7 Å². The Kier molecular flexibility index (Phi) is 7.72. The summed E-state index contributed by atoms with van der Waals surface area (Å²) in [6.07, 6.45) is 5.35. The Bertz CT molecular complexity index is 1200. The predicted molar refractivity (Wildman–Crippen MR) is 131 cm³/mol. The van der Waals surface area contributed by atoms with Crippen LogP contribution < -0.4 is 19.7 Å². The van der Waals surface area contributed by atoms with Gasteiger partial charge < -0.3 is 14.8 Å². The molecule has 8 nitrogen and oxygen atoms in total. The van der Waals surface area contributed by atoms with Crippen molar-refractivity contribution in [3.8, 4) is 11.5 Å². The first-order valence-corrected chi connectivity index (χ1v) is 11.5. The standard InChI is InChI=1S/C27H27N3O5/c1-2-3-19-4-7-22(8-5-19)34-17-24(31)21-6-9-25-23(14-21)30(27(33)18-35-25)16-26(32)29-15-20-10-12-28-13-11-20/h4-14H,2-3,15-18H2,1H3,(H,29,32). The van der Waals surface area contributed by atoms with E-state index >= 15 is 0 Å². The highest BCUT2D eigenvalue weighted by molar-refractivity contribution is 6.04. The SMILES string of the molecule is CCCc1ccc(OCC(=O)c2ccc3c(c2)N(CC(=O)NCc2ccncc2)C(=O)CO3)cc1. The first-order valence-electron chi connectivity index (χ1n) is 11.5. The van der Waals surface area contributed by atoms with E-state index in [4.69, 9.17) is 9.47 Å². The predicted octanol–water partition coefficient (Wildman–Crippen LogP) is 3.34. The van der Waals surface area contributed by atoms with Crippen molar-refractivity contribution in [2.24, 2.45) is 0 Å². The van der Waals surface area contributed by atoms with E-state index in [0.717, 1.165) is 18.4 Å². The van der Waals surface area contributed by atoms with E-state index in [1.165, 1.54) is 10.5 Å². The van der Waals surface area contributed by atoms with E-state index in [1.807, 2.05) is 24.3 Å². The van der Waals surface area contributed by atoms with Crippen LogP contribution in [-0.2, 0) is 22.6 Å². The molecule has 35 heavy (non-hydrogen) atoms. The van der Waals surface area contributed by atoms with Crippen LogP contribution in [0.15, 0.2) is 67.0 Å². The Morgan fingerprint density at radius 2 is 1.83 bits per heavy atom. The molecule has 0 radical (unpaired) electrons. The van der Waals surface area contributed by atoms with Gasteiger partial charge in [0.2, 0.25) is 5.91 Å². The highest BCUT2D eigenvalue weighted by Gasteiger charge is 2.28. The zero-order chi connectivity index (χ0) is 24.6. The molecule has 1 aliphatic rings. The van der Waals surface area contributed by atoms with E-state index in [1.54, 1.807) is 42.7 Å². The summed E-state index contributed by atoms with van der Waals surface area (Å²) < 4.78 is 11.2. The van der Waals surface area contributed by atoms with Crippen LogP contribution >= 0.6 is 0 Å². The lowest BCUT2D eigenvalue weighted by Crippen LogP contribution is -2.45. The monoisotopic (exact) mass is 473 g/mol. The quantitative estimate of drug-likeness (QED) is 0.454. The summed E-state index contributed by atoms with van der Waals surface area (Å²) in [5, 5.41) is 2.80. The maximum Gasteiger partial charge on any atom is 0.265 e. The number of carbonyl (C=O) groups excluding carboxylic acids is 3. The van der Waals surface area contributed by atoms with Gasteiger partial charge >= 0.3 is 0 Å². The van der Waals surface area contributed by atoms with Crippen LogP contribution in [0.25, 0.3) is 0 Å². The molecule has 8 heteroatoms. The number of ketones is 1. The molecule has 4 rings (SSSR count). The number of pyridine rings is 1. The molecule has 1 aromatic heterocycles. The van der Waals surface area contributed by atoms with Crippen LogP contribution in [-0.4, -0.2) is 42.3 Å². The first kappa shape index (κ1) is 23.9. The second-order valence-corrected chi connectivity index (χ2v) is 8.19. The van der Waals surface area contributed by atoms with Crippen LogP contribution in [0.2, 0.25) is 0 Å². The van der Waals surface area contributed by atoms with E-state index in [2.05, 4.69) is 17.2 Å². The van der Waals surface area contributed by atoms with E-state index in [0.29, 0.717) is 29.3 Å². The molecule has 2 aromatic carbocycles. The van der Waals surface area contributed by atoms with Gasteiger partial charge in [-0.25, -0.2) is 0 Å². The van der Waals surface area contributed by atoms with Crippen LogP contribution in [0.4, 0.5) is 5.69 Å². The molecule has 0 spiro atoms. The molecule has 1 aliphatic heterocycles. The maximum absolute atomic E-state index is 12.8. The third-order valence-electron chi connectivity index (χ3n) is 5.60. The number of aromatic nitrogens is 1. The van der Waals surface area contributed by atoms with E-state index in [-0.39, 0.29) is 37.4 Å². The summed E-state index contributed by atoms with van der Waals surface area (Å²) in [7, 11) is 0. The highest BCUT2D eigenvalue weighted by atomic mass is 16.5. The lowest BCUT2D eigenvalue weighted by molar-refractivity contribution is -0.125. The number of hydrogen-bond acceptors (Lipinski definition) is 6. The van der Waals surface area contributed by atoms with Crippen molar-refractivity contribution in [1.82, 2.24) is 10.3 Å². The summed E-state index contributed by atoms with van der Waals surface area (Å²) in [6.45, 7) is 1.94. The molecule has 0 saturated heterocycles. The summed E-state index contributed by atoms with van der Waals surface area (Å²) in [5.41, 5.74) is 2.87. The molecule has 2 heterocycles. The number of rotatable bonds is 10. The zero-order valence-corrected chi connectivity index (χ0v) is 19.5. The molecule has 1 N–H and O–H groups in total. The number of nitrogens with one attached hydrogen (secondary N) is 1. The molecule has 0 bridgehead atoms. The molecule has 0 fully saturated rings. The number of ether oxygens (including phenoxy) is 2. The van der Waals surface area contributed by atoms with Gasteiger partial charge in [-0.2, -0.15) is 0 Å². The molecule has 0 aliphatic carbocycles. The van der Waals surface area contributed by atoms with Gasteiger partial charge in [-0.3, -0.25) is 24.3 Å². The fourth-order valence-electron chi connectivity index (χ4n) is 3.72. The van der Waals surface area contributed by atoms with Gasteiger partial charge in [-0.05, 0) is 60.0 Å². The Hall–Kier alpha value is -4.20. The smallest absolute Gasteiger partial charge is 0.265 e. The number of hydrogen-bond donors (Lipinski definition) is 1. The minimum absolute atomic E-state index is 0.146. The molecule has 180 valence electrons. The van der Waals surface area contributed by atoms with Crippen molar-refractivity contribution >= 4 is 23.3 Å². The lowest BCUT2D eigenvalue weighted by atomic mass is 10.1. The van der Waals surface area contributed by atoms with Gasteiger partial charge in [0, 0.05) is 24.5 Å². The number of aryl methyl sites for hydroxylation is 1. The van der Waals surface area contributed by atoms with Crippen molar-refractivity contribution < 1.29 is 23.9 Å². The topological polar surface area (TPSA) is 97.8 Å². The van der Waals surface area contributed by atoms with Crippen molar-refractivity contribution in [3.63, 3.8) is 0 Å². The zero-order valence-electron chi connectivity index (χ0n) is 19.5. The first-order chi connectivity index (χ1) is 17.0. The van der Waals surface area contributed by atoms with Gasteiger partial charge in [0.15, 0.2) is 19.0 Å². The van der Waals surface area contributed by atoms with Gasteiger partial charge in [-0.15, -0.1) is 0 Å². The van der Waals surface area contributed by atoms with Gasteiger partial charge in [-0.1, -0.05) is 25.5 Å². The number of carbonyl (C=O) groups is 3. The minimum Gasteiger partial charge on any atom is -0.485 e. The Morgan fingerprint density at radius 3 is 2.57 bits per heavy atom.